The highest BCUT2D eigenvalue weighted by molar-refractivity contribution is 9.10. The van der Waals surface area contributed by atoms with Crippen LogP contribution in [0.4, 0.5) is 0 Å². The van der Waals surface area contributed by atoms with Gasteiger partial charge in [-0.25, -0.2) is 4.98 Å². The molecule has 5 nitrogen and oxygen atoms in total. The van der Waals surface area contributed by atoms with Gasteiger partial charge in [-0.15, -0.1) is 0 Å². The minimum atomic E-state index is -0.172. The van der Waals surface area contributed by atoms with Crippen molar-refractivity contribution in [2.45, 2.75) is 40.0 Å². The van der Waals surface area contributed by atoms with E-state index in [1.165, 1.54) is 4.68 Å². The largest absolute Gasteiger partial charge is 0.318 e. The molecule has 32 heavy (non-hydrogen) atoms. The zero-order valence-corrected chi connectivity index (χ0v) is 20.8. The van der Waals surface area contributed by atoms with Gasteiger partial charge >= 0.3 is 0 Å². The Morgan fingerprint density at radius 1 is 1.16 bits per heavy atom. The molecule has 0 aliphatic carbocycles. The van der Waals surface area contributed by atoms with E-state index in [4.69, 9.17) is 16.6 Å². The molecule has 0 amide bonds. The van der Waals surface area contributed by atoms with E-state index in [-0.39, 0.29) is 11.5 Å². The first kappa shape index (κ1) is 22.5. The van der Waals surface area contributed by atoms with Gasteiger partial charge in [0, 0.05) is 38.1 Å². The number of rotatable bonds is 5. The molecule has 0 N–H and O–H groups in total. The molecule has 2 heterocycles. The molecule has 0 saturated heterocycles. The Bertz CT molecular complexity index is 1390. The Balaban J connectivity index is 1.84. The van der Waals surface area contributed by atoms with Gasteiger partial charge < -0.3 is 4.57 Å². The van der Waals surface area contributed by atoms with Gasteiger partial charge in [-0.1, -0.05) is 41.4 Å². The highest BCUT2D eigenvalue weighted by Gasteiger charge is 2.16. The summed E-state index contributed by atoms with van der Waals surface area (Å²) in [5.74, 6) is 0.754. The smallest absolute Gasteiger partial charge is 0.282 e. The van der Waals surface area contributed by atoms with Crippen LogP contribution in [0.15, 0.2) is 62.9 Å². The van der Waals surface area contributed by atoms with E-state index in [2.05, 4.69) is 45.5 Å². The van der Waals surface area contributed by atoms with Crippen molar-refractivity contribution in [1.29, 1.82) is 0 Å². The van der Waals surface area contributed by atoms with Crippen molar-refractivity contribution >= 4 is 44.6 Å². The molecule has 0 aliphatic rings. The van der Waals surface area contributed by atoms with Gasteiger partial charge in [0.05, 0.1) is 17.1 Å². The molecule has 0 saturated carbocycles. The van der Waals surface area contributed by atoms with Gasteiger partial charge in [-0.2, -0.15) is 9.78 Å². The van der Waals surface area contributed by atoms with Crippen LogP contribution in [-0.2, 0) is 0 Å². The van der Waals surface area contributed by atoms with Crippen molar-refractivity contribution in [3.05, 3.63) is 91.2 Å². The first-order valence-electron chi connectivity index (χ1n) is 10.5. The third-order valence-electron chi connectivity index (χ3n) is 5.75. The maximum absolute atomic E-state index is 13.3. The lowest BCUT2D eigenvalue weighted by Gasteiger charge is -2.14. The van der Waals surface area contributed by atoms with Crippen LogP contribution in [0, 0.1) is 13.8 Å². The third-order valence-corrected chi connectivity index (χ3v) is 6.50. The molecule has 0 bridgehead atoms. The quantitative estimate of drug-likeness (QED) is 0.283. The average molecular weight is 512 g/mol. The van der Waals surface area contributed by atoms with Crippen molar-refractivity contribution in [1.82, 2.24) is 14.2 Å². The molecule has 1 atom stereocenters. The molecule has 0 unspecified atom stereocenters. The monoisotopic (exact) mass is 510 g/mol. The second kappa shape index (κ2) is 9.04. The molecule has 7 heteroatoms. The van der Waals surface area contributed by atoms with Crippen LogP contribution in [0.1, 0.15) is 49.0 Å². The molecule has 0 fully saturated rings. The summed E-state index contributed by atoms with van der Waals surface area (Å²) < 4.78 is 4.42. The second-order valence-corrected chi connectivity index (χ2v) is 9.29. The van der Waals surface area contributed by atoms with E-state index >= 15 is 0 Å². The van der Waals surface area contributed by atoms with Crippen LogP contribution in [-0.4, -0.2) is 20.4 Å². The number of hydrogen-bond acceptors (Lipinski definition) is 3. The molecule has 0 aliphatic heterocycles. The van der Waals surface area contributed by atoms with Gasteiger partial charge in [-0.3, -0.25) is 4.79 Å². The summed E-state index contributed by atoms with van der Waals surface area (Å²) in [6, 6.07) is 15.3. The third kappa shape index (κ3) is 4.17. The number of aromatic nitrogens is 3. The number of fused-ring (bicyclic) bond motifs is 1. The Labute approximate surface area is 200 Å². The Hall–Kier alpha value is -2.70. The Kier molecular flexibility index (Phi) is 6.35. The molecule has 2 aromatic carbocycles. The maximum atomic E-state index is 13.3. The molecular weight excluding hydrogens is 488 g/mol. The number of halogens is 2. The predicted molar refractivity (Wildman–Crippen MR) is 136 cm³/mol. The summed E-state index contributed by atoms with van der Waals surface area (Å²) in [5.41, 5.74) is 4.58. The second-order valence-electron chi connectivity index (χ2n) is 7.94. The normalized spacial score (nSPS) is 12.7. The number of aryl methyl sites for hydroxylation is 1. The van der Waals surface area contributed by atoms with Gasteiger partial charge in [0.15, 0.2) is 0 Å². The lowest BCUT2D eigenvalue weighted by atomic mass is 10.1. The Morgan fingerprint density at radius 2 is 1.88 bits per heavy atom. The lowest BCUT2D eigenvalue weighted by molar-refractivity contribution is 0.613. The minimum absolute atomic E-state index is 0.0920. The molecule has 164 valence electrons. The zero-order valence-electron chi connectivity index (χ0n) is 18.4. The fraction of sp³-hybridized carbons (Fsp3) is 0.240. The van der Waals surface area contributed by atoms with Crippen molar-refractivity contribution in [3.8, 4) is 5.69 Å². The van der Waals surface area contributed by atoms with E-state index in [1.807, 2.05) is 50.2 Å². The van der Waals surface area contributed by atoms with Gasteiger partial charge in [-0.05, 0) is 68.8 Å². The molecule has 4 aromatic rings. The van der Waals surface area contributed by atoms with Crippen LogP contribution < -0.4 is 5.56 Å². The average Bonchev–Trinajstić information content (AvgIpc) is 3.06. The Morgan fingerprint density at radius 3 is 2.56 bits per heavy atom. The summed E-state index contributed by atoms with van der Waals surface area (Å²) in [7, 11) is 0. The topological polar surface area (TPSA) is 52.2 Å². The molecule has 4 rings (SSSR count). The summed E-state index contributed by atoms with van der Waals surface area (Å²) >= 11 is 9.50. The fourth-order valence-electron chi connectivity index (χ4n) is 3.80. The summed E-state index contributed by atoms with van der Waals surface area (Å²) in [6.45, 7) is 8.23. The van der Waals surface area contributed by atoms with Crippen molar-refractivity contribution in [2.24, 2.45) is 5.10 Å². The highest BCUT2D eigenvalue weighted by Crippen LogP contribution is 2.23. The number of benzene rings is 2. The SMILES string of the molecule is CC[C@@H](C)c1nc2ccc(Br)cc2c(=O)n1N=Cc1cc(C)n(-c2ccc(Cl)cc2)c1C. The highest BCUT2D eigenvalue weighted by atomic mass is 79.9. The van der Waals surface area contributed by atoms with Gasteiger partial charge in [0.1, 0.15) is 5.82 Å². The number of nitrogens with zero attached hydrogens (tertiary/aromatic N) is 4. The fourth-order valence-corrected chi connectivity index (χ4v) is 4.29. The predicted octanol–water partition coefficient (Wildman–Crippen LogP) is 6.62. The maximum Gasteiger partial charge on any atom is 0.282 e. The molecule has 2 aromatic heterocycles. The van der Waals surface area contributed by atoms with Crippen LogP contribution in [0.25, 0.3) is 16.6 Å². The first-order chi connectivity index (χ1) is 15.3. The van der Waals surface area contributed by atoms with Crippen LogP contribution >= 0.6 is 27.5 Å². The van der Waals surface area contributed by atoms with E-state index in [1.54, 1.807) is 12.3 Å². The van der Waals surface area contributed by atoms with Crippen LogP contribution in [0.2, 0.25) is 5.02 Å². The number of hydrogen-bond donors (Lipinski definition) is 0. The van der Waals surface area contributed by atoms with Gasteiger partial charge in [0.2, 0.25) is 0 Å². The van der Waals surface area contributed by atoms with Crippen molar-refractivity contribution < 1.29 is 0 Å². The van der Waals surface area contributed by atoms with Gasteiger partial charge in [0.25, 0.3) is 5.56 Å². The van der Waals surface area contributed by atoms with E-state index < -0.39 is 0 Å². The first-order valence-corrected chi connectivity index (χ1v) is 11.7. The van der Waals surface area contributed by atoms with Crippen LogP contribution in [0.5, 0.6) is 0 Å². The summed E-state index contributed by atoms with van der Waals surface area (Å²) in [6.07, 6.45) is 2.60. The van der Waals surface area contributed by atoms with E-state index in [0.29, 0.717) is 21.7 Å². The lowest BCUT2D eigenvalue weighted by Crippen LogP contribution is -2.23. The van der Waals surface area contributed by atoms with E-state index in [0.717, 1.165) is 33.5 Å². The van der Waals surface area contributed by atoms with Crippen LogP contribution in [0.3, 0.4) is 0 Å². The molecule has 0 radical (unpaired) electrons. The molecule has 0 spiro atoms. The summed E-state index contributed by atoms with van der Waals surface area (Å²) in [4.78, 5) is 18.1. The van der Waals surface area contributed by atoms with Crippen molar-refractivity contribution in [2.75, 3.05) is 0 Å². The summed E-state index contributed by atoms with van der Waals surface area (Å²) in [5, 5.41) is 5.85. The minimum Gasteiger partial charge on any atom is -0.318 e. The zero-order chi connectivity index (χ0) is 23.0. The van der Waals surface area contributed by atoms with E-state index in [9.17, 15) is 4.79 Å². The van der Waals surface area contributed by atoms with Crippen molar-refractivity contribution in [3.63, 3.8) is 0 Å². The standard InChI is InChI=1S/C25H24BrClN4O/c1-5-15(2)24-29-23-11-6-19(26)13-22(23)25(32)31(24)28-14-18-12-16(3)30(17(18)4)21-9-7-20(27)8-10-21/h6-15H,5H2,1-4H3/t15-/m1/s1. The molecular formula is C25H24BrClN4O.